The fourth-order valence-electron chi connectivity index (χ4n) is 0.906. The summed E-state index contributed by atoms with van der Waals surface area (Å²) in [6.07, 6.45) is -0.787. The zero-order valence-corrected chi connectivity index (χ0v) is 8.66. The number of rotatable bonds is 3. The van der Waals surface area contributed by atoms with Crippen LogP contribution in [0.5, 0.6) is 0 Å². The van der Waals surface area contributed by atoms with Crippen molar-refractivity contribution in [1.29, 1.82) is 0 Å². The van der Waals surface area contributed by atoms with E-state index in [9.17, 15) is 9.59 Å². The van der Waals surface area contributed by atoms with E-state index < -0.39 is 12.0 Å². The van der Waals surface area contributed by atoms with Gasteiger partial charge in [0.15, 0.2) is 0 Å². The van der Waals surface area contributed by atoms with Crippen LogP contribution < -0.4 is 5.32 Å². The van der Waals surface area contributed by atoms with Crippen molar-refractivity contribution in [3.8, 4) is 0 Å². The third-order valence-corrected chi connectivity index (χ3v) is 1.82. The molecule has 0 aliphatic carbocycles. The van der Waals surface area contributed by atoms with Gasteiger partial charge in [-0.1, -0.05) is 30.3 Å². The van der Waals surface area contributed by atoms with Gasteiger partial charge in [-0.15, -0.1) is 11.6 Å². The van der Waals surface area contributed by atoms with Gasteiger partial charge in [0.1, 0.15) is 12.5 Å². The van der Waals surface area contributed by atoms with Gasteiger partial charge in [-0.25, -0.2) is 4.79 Å². The summed E-state index contributed by atoms with van der Waals surface area (Å²) >= 11 is 5.19. The normalized spacial score (nSPS) is 9.40. The molecule has 0 aromatic heterocycles. The van der Waals surface area contributed by atoms with Crippen LogP contribution in [-0.4, -0.2) is 17.9 Å². The lowest BCUT2D eigenvalue weighted by atomic mass is 10.2. The van der Waals surface area contributed by atoms with Gasteiger partial charge in [-0.05, 0) is 5.56 Å². The Morgan fingerprint density at radius 3 is 2.53 bits per heavy atom. The highest BCUT2D eigenvalue weighted by atomic mass is 35.5. The first kappa shape index (κ1) is 11.5. The Kier molecular flexibility index (Phi) is 4.63. The number of alkyl carbamates (subject to hydrolysis) is 1. The van der Waals surface area contributed by atoms with Crippen LogP contribution in [0.2, 0.25) is 0 Å². The number of imide groups is 1. The summed E-state index contributed by atoms with van der Waals surface area (Å²) in [6.45, 7) is 0.127. The summed E-state index contributed by atoms with van der Waals surface area (Å²) in [5.74, 6) is -0.838. The highest BCUT2D eigenvalue weighted by Gasteiger charge is 2.06. The van der Waals surface area contributed by atoms with E-state index >= 15 is 0 Å². The summed E-state index contributed by atoms with van der Waals surface area (Å²) in [7, 11) is 0. The molecule has 0 aliphatic rings. The first-order valence-electron chi connectivity index (χ1n) is 4.29. The Labute approximate surface area is 92.2 Å². The molecule has 0 saturated carbocycles. The van der Waals surface area contributed by atoms with Crippen LogP contribution in [-0.2, 0) is 16.1 Å². The molecular formula is C10H10ClNO3. The first-order chi connectivity index (χ1) is 7.22. The molecule has 1 rings (SSSR count). The van der Waals surface area contributed by atoms with E-state index in [0.29, 0.717) is 0 Å². The van der Waals surface area contributed by atoms with E-state index in [4.69, 9.17) is 16.3 Å². The Morgan fingerprint density at radius 2 is 1.93 bits per heavy atom. The fraction of sp³-hybridized carbons (Fsp3) is 0.200. The molecule has 4 nitrogen and oxygen atoms in total. The van der Waals surface area contributed by atoms with Gasteiger partial charge >= 0.3 is 6.09 Å². The maximum atomic E-state index is 11.0. The molecule has 0 radical (unpaired) electrons. The first-order valence-corrected chi connectivity index (χ1v) is 4.82. The minimum absolute atomic E-state index is 0.127. The summed E-state index contributed by atoms with van der Waals surface area (Å²) in [4.78, 5) is 21.7. The molecule has 2 amide bonds. The van der Waals surface area contributed by atoms with Crippen molar-refractivity contribution in [2.45, 2.75) is 6.61 Å². The summed E-state index contributed by atoms with van der Waals surface area (Å²) in [5, 5.41) is 1.97. The van der Waals surface area contributed by atoms with Crippen molar-refractivity contribution in [2.75, 3.05) is 5.88 Å². The van der Waals surface area contributed by atoms with Crippen LogP contribution in [0.4, 0.5) is 4.79 Å². The third-order valence-electron chi connectivity index (χ3n) is 1.58. The van der Waals surface area contributed by atoms with Crippen LogP contribution in [0.1, 0.15) is 5.56 Å². The molecule has 5 heteroatoms. The molecule has 0 heterocycles. The lowest BCUT2D eigenvalue weighted by Crippen LogP contribution is -2.31. The SMILES string of the molecule is O=C(CCl)NC(=O)OCc1ccccc1. The highest BCUT2D eigenvalue weighted by Crippen LogP contribution is 2.00. The zero-order chi connectivity index (χ0) is 11.1. The van der Waals surface area contributed by atoms with E-state index in [2.05, 4.69) is 0 Å². The van der Waals surface area contributed by atoms with E-state index in [1.54, 1.807) is 0 Å². The summed E-state index contributed by atoms with van der Waals surface area (Å²) in [5.41, 5.74) is 0.853. The number of nitrogens with one attached hydrogen (secondary N) is 1. The standard InChI is InChI=1S/C10H10ClNO3/c11-6-9(13)12-10(14)15-7-8-4-2-1-3-5-8/h1-5H,6-7H2,(H,12,13,14). The number of benzene rings is 1. The van der Waals surface area contributed by atoms with Gasteiger partial charge in [-0.2, -0.15) is 0 Å². The molecule has 0 saturated heterocycles. The zero-order valence-electron chi connectivity index (χ0n) is 7.90. The molecule has 0 bridgehead atoms. The number of carbonyl (C=O) groups is 2. The van der Waals surface area contributed by atoms with E-state index in [1.807, 2.05) is 35.6 Å². The molecule has 0 fully saturated rings. The number of halogens is 1. The van der Waals surface area contributed by atoms with Crippen LogP contribution in [0.25, 0.3) is 0 Å². The maximum absolute atomic E-state index is 11.0. The molecule has 1 N–H and O–H groups in total. The molecule has 0 spiro atoms. The van der Waals surface area contributed by atoms with Crippen LogP contribution in [0.15, 0.2) is 30.3 Å². The third kappa shape index (κ3) is 4.46. The van der Waals surface area contributed by atoms with E-state index in [-0.39, 0.29) is 12.5 Å². The molecule has 1 aromatic rings. The topological polar surface area (TPSA) is 55.4 Å². The van der Waals surface area contributed by atoms with Crippen molar-refractivity contribution < 1.29 is 14.3 Å². The van der Waals surface area contributed by atoms with Crippen LogP contribution in [0, 0.1) is 0 Å². The predicted octanol–water partition coefficient (Wildman–Crippen LogP) is 1.68. The number of amides is 2. The molecule has 0 aliphatic heterocycles. The number of carbonyl (C=O) groups excluding carboxylic acids is 2. The van der Waals surface area contributed by atoms with Gasteiger partial charge in [-0.3, -0.25) is 10.1 Å². The quantitative estimate of drug-likeness (QED) is 0.800. The Morgan fingerprint density at radius 1 is 1.27 bits per heavy atom. The fourth-order valence-corrected chi connectivity index (χ4v) is 0.973. The monoisotopic (exact) mass is 227 g/mol. The molecular weight excluding hydrogens is 218 g/mol. The number of ether oxygens (including phenoxy) is 1. The number of alkyl halides is 1. The molecule has 80 valence electrons. The van der Waals surface area contributed by atoms with Gasteiger partial charge in [0, 0.05) is 0 Å². The molecule has 15 heavy (non-hydrogen) atoms. The molecule has 0 atom stereocenters. The average molecular weight is 228 g/mol. The number of hydrogen-bond donors (Lipinski definition) is 1. The second kappa shape index (κ2) is 6.03. The number of hydrogen-bond acceptors (Lipinski definition) is 3. The summed E-state index contributed by atoms with van der Waals surface area (Å²) < 4.78 is 4.77. The molecule has 1 aromatic carbocycles. The van der Waals surface area contributed by atoms with Gasteiger partial charge in [0.05, 0.1) is 0 Å². The van der Waals surface area contributed by atoms with Crippen LogP contribution in [0.3, 0.4) is 0 Å². The second-order valence-electron chi connectivity index (χ2n) is 2.74. The van der Waals surface area contributed by atoms with Crippen molar-refractivity contribution >= 4 is 23.6 Å². The largest absolute Gasteiger partial charge is 0.444 e. The second-order valence-corrected chi connectivity index (χ2v) is 3.01. The van der Waals surface area contributed by atoms with Gasteiger partial charge < -0.3 is 4.74 Å². The van der Waals surface area contributed by atoms with Crippen molar-refractivity contribution in [1.82, 2.24) is 5.32 Å². The van der Waals surface area contributed by atoms with Crippen molar-refractivity contribution in [3.05, 3.63) is 35.9 Å². The van der Waals surface area contributed by atoms with E-state index in [1.165, 1.54) is 0 Å². The Bertz CT molecular complexity index is 340. The minimum atomic E-state index is -0.787. The van der Waals surface area contributed by atoms with Crippen LogP contribution >= 0.6 is 11.6 Å². The van der Waals surface area contributed by atoms with Crippen molar-refractivity contribution in [3.63, 3.8) is 0 Å². The van der Waals surface area contributed by atoms with E-state index in [0.717, 1.165) is 5.56 Å². The highest BCUT2D eigenvalue weighted by molar-refractivity contribution is 6.28. The average Bonchev–Trinajstić information content (AvgIpc) is 2.27. The van der Waals surface area contributed by atoms with Gasteiger partial charge in [0.25, 0.3) is 0 Å². The maximum Gasteiger partial charge on any atom is 0.414 e. The lowest BCUT2D eigenvalue weighted by Gasteiger charge is -2.04. The predicted molar refractivity (Wildman–Crippen MR) is 55.5 cm³/mol. The lowest BCUT2D eigenvalue weighted by molar-refractivity contribution is -0.118. The smallest absolute Gasteiger partial charge is 0.414 e. The summed E-state index contributed by atoms with van der Waals surface area (Å²) in [6, 6.07) is 9.16. The Balaban J connectivity index is 2.32. The Hall–Kier alpha value is -1.55. The molecule has 0 unspecified atom stereocenters. The van der Waals surface area contributed by atoms with Gasteiger partial charge in [0.2, 0.25) is 5.91 Å². The minimum Gasteiger partial charge on any atom is -0.444 e. The van der Waals surface area contributed by atoms with Crippen molar-refractivity contribution in [2.24, 2.45) is 0 Å².